The van der Waals surface area contributed by atoms with Gasteiger partial charge in [-0.25, -0.2) is 0 Å². The number of hydrogen-bond acceptors (Lipinski definition) is 3. The molecule has 3 nitrogen and oxygen atoms in total. The number of anilines is 1. The standard InChI is InChI=1S/C18H30ClNO2/c1-7-17(5,8-2)21-15-12-14(20)16(11-13(15)19)22-18(6,9-3)10-4/h11-12H,7-10,20H2,1-6H3. The molecule has 0 radical (unpaired) electrons. The fraction of sp³-hybridized carbons (Fsp3) is 0.667. The fourth-order valence-corrected chi connectivity index (χ4v) is 2.23. The Balaban J connectivity index is 3.07. The van der Waals surface area contributed by atoms with Crippen molar-refractivity contribution in [3.05, 3.63) is 17.2 Å². The van der Waals surface area contributed by atoms with Crippen LogP contribution in [0.2, 0.25) is 5.02 Å². The Labute approximate surface area is 140 Å². The van der Waals surface area contributed by atoms with E-state index in [0.29, 0.717) is 22.2 Å². The lowest BCUT2D eigenvalue weighted by Crippen LogP contribution is -2.31. The molecule has 0 fully saturated rings. The molecular weight excluding hydrogens is 298 g/mol. The predicted molar refractivity (Wildman–Crippen MR) is 95.1 cm³/mol. The molecule has 0 saturated heterocycles. The maximum absolute atomic E-state index is 6.38. The average molecular weight is 328 g/mol. The average Bonchev–Trinajstić information content (AvgIpc) is 2.51. The molecule has 0 aliphatic rings. The molecule has 22 heavy (non-hydrogen) atoms. The summed E-state index contributed by atoms with van der Waals surface area (Å²) >= 11 is 6.38. The van der Waals surface area contributed by atoms with Crippen LogP contribution in [0.5, 0.6) is 11.5 Å². The van der Waals surface area contributed by atoms with Gasteiger partial charge in [0, 0.05) is 12.1 Å². The lowest BCUT2D eigenvalue weighted by Gasteiger charge is -2.31. The van der Waals surface area contributed by atoms with Crippen LogP contribution in [0.3, 0.4) is 0 Å². The molecular formula is C18H30ClNO2. The highest BCUT2D eigenvalue weighted by atomic mass is 35.5. The van der Waals surface area contributed by atoms with E-state index in [0.717, 1.165) is 25.7 Å². The molecule has 4 heteroatoms. The van der Waals surface area contributed by atoms with Crippen molar-refractivity contribution in [2.24, 2.45) is 0 Å². The highest BCUT2D eigenvalue weighted by Gasteiger charge is 2.26. The first-order valence-electron chi connectivity index (χ1n) is 8.19. The molecule has 0 heterocycles. The molecule has 1 rings (SSSR count). The zero-order chi connectivity index (χ0) is 17.0. The lowest BCUT2D eigenvalue weighted by atomic mass is 9.99. The zero-order valence-electron chi connectivity index (χ0n) is 14.8. The van der Waals surface area contributed by atoms with E-state index in [1.54, 1.807) is 12.1 Å². The summed E-state index contributed by atoms with van der Waals surface area (Å²) in [7, 11) is 0. The second-order valence-corrected chi connectivity index (χ2v) is 6.75. The van der Waals surface area contributed by atoms with E-state index in [-0.39, 0.29) is 11.2 Å². The Bertz CT molecular complexity index is 448. The Morgan fingerprint density at radius 3 is 1.68 bits per heavy atom. The quantitative estimate of drug-likeness (QED) is 0.610. The first kappa shape index (κ1) is 19.0. The van der Waals surface area contributed by atoms with Gasteiger partial charge in [-0.05, 0) is 39.5 Å². The monoisotopic (exact) mass is 327 g/mol. The molecule has 0 saturated carbocycles. The molecule has 0 aliphatic carbocycles. The van der Waals surface area contributed by atoms with Crippen LogP contribution in [-0.4, -0.2) is 11.2 Å². The lowest BCUT2D eigenvalue weighted by molar-refractivity contribution is 0.0765. The Morgan fingerprint density at radius 1 is 0.864 bits per heavy atom. The van der Waals surface area contributed by atoms with Crippen molar-refractivity contribution in [2.45, 2.75) is 78.4 Å². The van der Waals surface area contributed by atoms with Gasteiger partial charge >= 0.3 is 0 Å². The van der Waals surface area contributed by atoms with Gasteiger partial charge < -0.3 is 15.2 Å². The van der Waals surface area contributed by atoms with Crippen molar-refractivity contribution in [3.63, 3.8) is 0 Å². The van der Waals surface area contributed by atoms with Gasteiger partial charge in [0.25, 0.3) is 0 Å². The summed E-state index contributed by atoms with van der Waals surface area (Å²) in [5.74, 6) is 1.24. The van der Waals surface area contributed by atoms with Crippen molar-refractivity contribution in [2.75, 3.05) is 5.73 Å². The van der Waals surface area contributed by atoms with E-state index in [9.17, 15) is 0 Å². The van der Waals surface area contributed by atoms with Gasteiger partial charge in [0.2, 0.25) is 0 Å². The van der Waals surface area contributed by atoms with Crippen molar-refractivity contribution in [1.82, 2.24) is 0 Å². The summed E-state index contributed by atoms with van der Waals surface area (Å²) in [5.41, 5.74) is 6.23. The summed E-state index contributed by atoms with van der Waals surface area (Å²) in [5, 5.41) is 0.534. The first-order valence-corrected chi connectivity index (χ1v) is 8.57. The number of benzene rings is 1. The molecule has 126 valence electrons. The van der Waals surface area contributed by atoms with Crippen LogP contribution >= 0.6 is 11.6 Å². The Morgan fingerprint density at radius 2 is 1.27 bits per heavy atom. The Hall–Kier alpha value is -1.09. The minimum absolute atomic E-state index is 0.235. The van der Waals surface area contributed by atoms with Crippen LogP contribution in [0.1, 0.15) is 67.2 Å². The predicted octanol–water partition coefficient (Wildman–Crippen LogP) is 5.84. The third kappa shape index (κ3) is 4.45. The van der Waals surface area contributed by atoms with Crippen LogP contribution in [0.4, 0.5) is 5.69 Å². The van der Waals surface area contributed by atoms with Gasteiger partial charge in [0.1, 0.15) is 22.7 Å². The summed E-state index contributed by atoms with van der Waals surface area (Å²) in [6.45, 7) is 12.6. The zero-order valence-corrected chi connectivity index (χ0v) is 15.5. The smallest absolute Gasteiger partial charge is 0.144 e. The van der Waals surface area contributed by atoms with E-state index in [1.165, 1.54) is 0 Å². The molecule has 0 unspecified atom stereocenters. The molecule has 0 bridgehead atoms. The molecule has 0 aromatic heterocycles. The minimum Gasteiger partial charge on any atom is -0.486 e. The second kappa shape index (κ2) is 7.45. The van der Waals surface area contributed by atoms with Gasteiger partial charge in [-0.15, -0.1) is 0 Å². The van der Waals surface area contributed by atoms with Gasteiger partial charge in [0.05, 0.1) is 10.7 Å². The number of nitrogen functional groups attached to an aromatic ring is 1. The second-order valence-electron chi connectivity index (χ2n) is 6.34. The molecule has 1 aromatic carbocycles. The van der Waals surface area contributed by atoms with Gasteiger partial charge in [-0.1, -0.05) is 39.3 Å². The summed E-state index contributed by atoms with van der Waals surface area (Å²) in [6, 6.07) is 3.54. The largest absolute Gasteiger partial charge is 0.486 e. The summed E-state index contributed by atoms with van der Waals surface area (Å²) in [4.78, 5) is 0. The fourth-order valence-electron chi connectivity index (χ4n) is 2.04. The number of nitrogens with two attached hydrogens (primary N) is 1. The third-order valence-corrected chi connectivity index (χ3v) is 5.06. The topological polar surface area (TPSA) is 44.5 Å². The van der Waals surface area contributed by atoms with Crippen molar-refractivity contribution in [3.8, 4) is 11.5 Å². The van der Waals surface area contributed by atoms with Crippen molar-refractivity contribution < 1.29 is 9.47 Å². The summed E-state index contributed by atoms with van der Waals surface area (Å²) in [6.07, 6.45) is 3.62. The van der Waals surface area contributed by atoms with E-state index >= 15 is 0 Å². The number of hydrogen-bond donors (Lipinski definition) is 1. The highest BCUT2D eigenvalue weighted by molar-refractivity contribution is 6.32. The van der Waals surface area contributed by atoms with E-state index in [4.69, 9.17) is 26.8 Å². The maximum Gasteiger partial charge on any atom is 0.144 e. The van der Waals surface area contributed by atoms with Crippen LogP contribution in [-0.2, 0) is 0 Å². The molecule has 0 aliphatic heterocycles. The van der Waals surface area contributed by atoms with Crippen LogP contribution in [0, 0.1) is 0 Å². The van der Waals surface area contributed by atoms with E-state index in [1.807, 2.05) is 0 Å². The van der Waals surface area contributed by atoms with Crippen molar-refractivity contribution >= 4 is 17.3 Å². The molecule has 0 atom stereocenters. The van der Waals surface area contributed by atoms with Gasteiger partial charge in [0.15, 0.2) is 0 Å². The molecule has 2 N–H and O–H groups in total. The normalized spacial score (nSPS) is 12.3. The minimum atomic E-state index is -0.236. The summed E-state index contributed by atoms with van der Waals surface area (Å²) < 4.78 is 12.2. The van der Waals surface area contributed by atoms with E-state index < -0.39 is 0 Å². The van der Waals surface area contributed by atoms with Crippen molar-refractivity contribution in [1.29, 1.82) is 0 Å². The molecule has 0 spiro atoms. The Kier molecular flexibility index (Phi) is 6.42. The SMILES string of the molecule is CCC(C)(CC)Oc1cc(Cl)c(OC(C)(CC)CC)cc1N. The van der Waals surface area contributed by atoms with Gasteiger partial charge in [-0.3, -0.25) is 0 Å². The number of rotatable bonds is 8. The van der Waals surface area contributed by atoms with Crippen LogP contribution in [0.25, 0.3) is 0 Å². The van der Waals surface area contributed by atoms with E-state index in [2.05, 4.69) is 41.5 Å². The maximum atomic E-state index is 6.38. The van der Waals surface area contributed by atoms with Gasteiger partial charge in [-0.2, -0.15) is 0 Å². The van der Waals surface area contributed by atoms with Crippen LogP contribution in [0.15, 0.2) is 12.1 Å². The molecule has 0 amide bonds. The third-order valence-electron chi connectivity index (χ3n) is 4.77. The highest BCUT2D eigenvalue weighted by Crippen LogP contribution is 2.39. The first-order chi connectivity index (χ1) is 10.2. The number of halogens is 1. The molecule has 1 aromatic rings. The number of ether oxygens (including phenoxy) is 2. The van der Waals surface area contributed by atoms with Crippen LogP contribution < -0.4 is 15.2 Å².